The summed E-state index contributed by atoms with van der Waals surface area (Å²) in [5.74, 6) is 0. The van der Waals surface area contributed by atoms with Gasteiger partial charge in [0.25, 0.3) is 5.56 Å². The molecule has 0 spiro atoms. The Morgan fingerprint density at radius 3 is 2.45 bits per heavy atom. The molecule has 0 radical (unpaired) electrons. The smallest absolute Gasteiger partial charge is 0.399 e. The van der Waals surface area contributed by atoms with E-state index in [-0.39, 0.29) is 5.56 Å². The number of benzene rings is 1. The highest BCUT2D eigenvalue weighted by atomic mass is 35.5. The van der Waals surface area contributed by atoms with E-state index in [0.717, 1.165) is 22.2 Å². The van der Waals surface area contributed by atoms with Gasteiger partial charge in [0.05, 0.1) is 17.7 Å². The third kappa shape index (κ3) is 3.95. The van der Waals surface area contributed by atoms with Gasteiger partial charge in [-0.1, -0.05) is 23.7 Å². The van der Waals surface area contributed by atoms with Crippen LogP contribution in [0, 0.1) is 0 Å². The zero-order valence-electron chi connectivity index (χ0n) is 16.9. The Bertz CT molecular complexity index is 1080. The van der Waals surface area contributed by atoms with E-state index in [1.165, 1.54) is 0 Å². The van der Waals surface area contributed by atoms with Gasteiger partial charge in [0, 0.05) is 17.3 Å². The van der Waals surface area contributed by atoms with Crippen LogP contribution >= 0.6 is 22.9 Å². The maximum Gasteiger partial charge on any atom is 0.496 e. The second-order valence-corrected chi connectivity index (χ2v) is 9.55. The Morgan fingerprint density at radius 2 is 1.79 bits per heavy atom. The molecule has 0 bridgehead atoms. The molecule has 1 aromatic carbocycles. The van der Waals surface area contributed by atoms with Crippen molar-refractivity contribution >= 4 is 35.5 Å². The van der Waals surface area contributed by atoms with Crippen molar-refractivity contribution in [2.75, 3.05) is 0 Å². The van der Waals surface area contributed by atoms with E-state index in [9.17, 15) is 4.79 Å². The summed E-state index contributed by atoms with van der Waals surface area (Å²) in [6.45, 7) is 8.48. The van der Waals surface area contributed by atoms with Crippen LogP contribution in [0.1, 0.15) is 33.3 Å². The van der Waals surface area contributed by atoms with Crippen molar-refractivity contribution in [2.45, 2.75) is 45.4 Å². The van der Waals surface area contributed by atoms with E-state index in [0.29, 0.717) is 11.6 Å². The maximum absolute atomic E-state index is 12.6. The standard InChI is InChI=1S/C22H23BClNO3S/c1-21(2)22(3,4)28-23(27-21)17-5-8-20(26)25(13-17)12-16-11-18(24)6-7-19(16)15-9-10-29-14-15/h5-11,13-14H,12H2,1-4H3. The lowest BCUT2D eigenvalue weighted by atomic mass is 9.80. The molecule has 2 aromatic heterocycles. The fourth-order valence-electron chi connectivity index (χ4n) is 3.37. The minimum atomic E-state index is -0.512. The summed E-state index contributed by atoms with van der Waals surface area (Å²) in [7, 11) is -0.512. The molecule has 0 aliphatic carbocycles. The molecule has 4 nitrogen and oxygen atoms in total. The second kappa shape index (κ2) is 7.44. The van der Waals surface area contributed by atoms with Crippen molar-refractivity contribution in [3.05, 3.63) is 74.3 Å². The Hall–Kier alpha value is -1.86. The highest BCUT2D eigenvalue weighted by molar-refractivity contribution is 7.08. The minimum Gasteiger partial charge on any atom is -0.399 e. The van der Waals surface area contributed by atoms with Gasteiger partial charge < -0.3 is 13.9 Å². The van der Waals surface area contributed by atoms with Crippen LogP contribution in [0.5, 0.6) is 0 Å². The van der Waals surface area contributed by atoms with Crippen LogP contribution in [-0.4, -0.2) is 22.9 Å². The van der Waals surface area contributed by atoms with E-state index >= 15 is 0 Å². The molecule has 1 aliphatic rings. The number of halogens is 1. The summed E-state index contributed by atoms with van der Waals surface area (Å²) >= 11 is 7.90. The van der Waals surface area contributed by atoms with Gasteiger partial charge in [-0.15, -0.1) is 0 Å². The van der Waals surface area contributed by atoms with Crippen LogP contribution in [0.15, 0.2) is 58.1 Å². The molecule has 0 amide bonds. The fourth-order valence-corrected chi connectivity index (χ4v) is 4.22. The van der Waals surface area contributed by atoms with E-state index in [1.54, 1.807) is 28.0 Å². The first-order chi connectivity index (χ1) is 13.7. The van der Waals surface area contributed by atoms with Crippen LogP contribution < -0.4 is 11.0 Å². The third-order valence-electron chi connectivity index (χ3n) is 5.77. The number of nitrogens with zero attached hydrogens (tertiary/aromatic N) is 1. The summed E-state index contributed by atoms with van der Waals surface area (Å²) in [5, 5.41) is 4.78. The van der Waals surface area contributed by atoms with E-state index in [4.69, 9.17) is 20.9 Å². The predicted octanol–water partition coefficient (Wildman–Crippen LogP) is 4.58. The molecular formula is C22H23BClNO3S. The van der Waals surface area contributed by atoms with Crippen molar-refractivity contribution in [3.8, 4) is 11.1 Å². The number of aromatic nitrogens is 1. The first kappa shape index (κ1) is 20.4. The van der Waals surface area contributed by atoms with Gasteiger partial charge in [0.2, 0.25) is 0 Å². The molecular weight excluding hydrogens is 405 g/mol. The van der Waals surface area contributed by atoms with Crippen LogP contribution in [-0.2, 0) is 15.9 Å². The molecule has 0 N–H and O–H groups in total. The largest absolute Gasteiger partial charge is 0.496 e. The maximum atomic E-state index is 12.6. The molecule has 0 saturated carbocycles. The average Bonchev–Trinajstić information content (AvgIpc) is 3.23. The minimum absolute atomic E-state index is 0.0819. The highest BCUT2D eigenvalue weighted by Gasteiger charge is 2.51. The predicted molar refractivity (Wildman–Crippen MR) is 120 cm³/mol. The van der Waals surface area contributed by atoms with Crippen LogP contribution in [0.25, 0.3) is 11.1 Å². The summed E-state index contributed by atoms with van der Waals surface area (Å²) in [4.78, 5) is 12.6. The molecule has 4 rings (SSSR count). The second-order valence-electron chi connectivity index (χ2n) is 8.33. The Morgan fingerprint density at radius 1 is 1.07 bits per heavy atom. The zero-order valence-corrected chi connectivity index (χ0v) is 18.5. The van der Waals surface area contributed by atoms with Crippen molar-refractivity contribution in [1.82, 2.24) is 4.57 Å². The molecule has 1 aliphatic heterocycles. The molecule has 0 unspecified atom stereocenters. The summed E-state index contributed by atoms with van der Waals surface area (Å²) < 4.78 is 14.0. The van der Waals surface area contributed by atoms with Gasteiger partial charge in [-0.05, 0) is 78.8 Å². The molecule has 7 heteroatoms. The number of thiophene rings is 1. The normalized spacial score (nSPS) is 17.6. The Kier molecular flexibility index (Phi) is 5.24. The van der Waals surface area contributed by atoms with Gasteiger partial charge in [0.15, 0.2) is 0 Å². The lowest BCUT2D eigenvalue weighted by Crippen LogP contribution is -2.41. The Labute approximate surface area is 180 Å². The summed E-state index contributed by atoms with van der Waals surface area (Å²) in [5.41, 5.74) is 3.06. The summed E-state index contributed by atoms with van der Waals surface area (Å²) in [6.07, 6.45) is 1.82. The van der Waals surface area contributed by atoms with Gasteiger partial charge in [0.1, 0.15) is 0 Å². The van der Waals surface area contributed by atoms with E-state index in [1.807, 2.05) is 57.5 Å². The van der Waals surface area contributed by atoms with Crippen LogP contribution in [0.3, 0.4) is 0 Å². The lowest BCUT2D eigenvalue weighted by molar-refractivity contribution is 0.00578. The number of pyridine rings is 1. The van der Waals surface area contributed by atoms with Gasteiger partial charge >= 0.3 is 7.12 Å². The van der Waals surface area contributed by atoms with Crippen molar-refractivity contribution in [3.63, 3.8) is 0 Å². The van der Waals surface area contributed by atoms with Gasteiger partial charge in [-0.25, -0.2) is 0 Å². The van der Waals surface area contributed by atoms with E-state index in [2.05, 4.69) is 11.4 Å². The van der Waals surface area contributed by atoms with E-state index < -0.39 is 18.3 Å². The quantitative estimate of drug-likeness (QED) is 0.572. The zero-order chi connectivity index (χ0) is 20.8. The monoisotopic (exact) mass is 427 g/mol. The SMILES string of the molecule is CC1(C)OB(c2ccc(=O)n(Cc3cc(Cl)ccc3-c3ccsc3)c2)OC1(C)C. The number of hydrogen-bond donors (Lipinski definition) is 0. The first-order valence-electron chi connectivity index (χ1n) is 9.53. The molecule has 3 aromatic rings. The molecule has 1 fully saturated rings. The van der Waals surface area contributed by atoms with Crippen molar-refractivity contribution in [2.24, 2.45) is 0 Å². The van der Waals surface area contributed by atoms with Crippen molar-refractivity contribution < 1.29 is 9.31 Å². The first-order valence-corrected chi connectivity index (χ1v) is 10.9. The summed E-state index contributed by atoms with van der Waals surface area (Å²) in [6, 6.07) is 11.2. The molecule has 29 heavy (non-hydrogen) atoms. The molecule has 1 saturated heterocycles. The third-order valence-corrected chi connectivity index (χ3v) is 6.69. The molecule has 150 valence electrons. The number of rotatable bonds is 4. The topological polar surface area (TPSA) is 40.5 Å². The van der Waals surface area contributed by atoms with Gasteiger partial charge in [-0.2, -0.15) is 11.3 Å². The van der Waals surface area contributed by atoms with Crippen LogP contribution in [0.4, 0.5) is 0 Å². The van der Waals surface area contributed by atoms with Crippen LogP contribution in [0.2, 0.25) is 5.02 Å². The average molecular weight is 428 g/mol. The van der Waals surface area contributed by atoms with Gasteiger partial charge in [-0.3, -0.25) is 4.79 Å². The lowest BCUT2D eigenvalue weighted by Gasteiger charge is -2.32. The highest BCUT2D eigenvalue weighted by Crippen LogP contribution is 2.36. The molecule has 3 heterocycles. The fraction of sp³-hybridized carbons (Fsp3) is 0.318. The van der Waals surface area contributed by atoms with Crippen molar-refractivity contribution in [1.29, 1.82) is 0 Å². The Balaban J connectivity index is 1.69. The molecule has 0 atom stereocenters. The number of hydrogen-bond acceptors (Lipinski definition) is 4.